The molecule has 1 aromatic heterocycles. The summed E-state index contributed by atoms with van der Waals surface area (Å²) in [5.41, 5.74) is 7.11. The van der Waals surface area contributed by atoms with E-state index in [2.05, 4.69) is 0 Å². The summed E-state index contributed by atoms with van der Waals surface area (Å²) in [5.74, 6) is 0.125. The van der Waals surface area contributed by atoms with E-state index in [1.807, 2.05) is 30.3 Å². The predicted molar refractivity (Wildman–Crippen MR) is 96.6 cm³/mol. The molecule has 1 fully saturated rings. The molecular formula is C18H22ClN3O3. The smallest absolute Gasteiger partial charge is 0.289 e. The van der Waals surface area contributed by atoms with Gasteiger partial charge in [0.15, 0.2) is 5.76 Å². The van der Waals surface area contributed by atoms with Gasteiger partial charge in [0.2, 0.25) is 5.91 Å². The number of carbonyl (C=O) groups excluding carboxylic acids is 2. The first-order valence-electron chi connectivity index (χ1n) is 8.06. The van der Waals surface area contributed by atoms with Crippen molar-refractivity contribution in [2.45, 2.75) is 12.5 Å². The van der Waals surface area contributed by atoms with Crippen LogP contribution in [0.2, 0.25) is 0 Å². The fraction of sp³-hybridized carbons (Fsp3) is 0.333. The molecule has 1 unspecified atom stereocenters. The molecule has 2 amide bonds. The van der Waals surface area contributed by atoms with Crippen molar-refractivity contribution in [3.63, 3.8) is 0 Å². The molecule has 1 aliphatic rings. The highest BCUT2D eigenvalue weighted by Crippen LogP contribution is 2.11. The van der Waals surface area contributed by atoms with Crippen molar-refractivity contribution in [2.75, 3.05) is 26.2 Å². The molecule has 0 aliphatic carbocycles. The van der Waals surface area contributed by atoms with Gasteiger partial charge in [0, 0.05) is 26.2 Å². The van der Waals surface area contributed by atoms with E-state index in [0.29, 0.717) is 38.4 Å². The van der Waals surface area contributed by atoms with Crippen molar-refractivity contribution >= 4 is 24.2 Å². The fourth-order valence-electron chi connectivity index (χ4n) is 2.88. The van der Waals surface area contributed by atoms with Crippen LogP contribution in [0.15, 0.2) is 53.1 Å². The number of furan rings is 1. The summed E-state index contributed by atoms with van der Waals surface area (Å²) in [4.78, 5) is 28.1. The molecule has 25 heavy (non-hydrogen) atoms. The minimum absolute atomic E-state index is 0. The average Bonchev–Trinajstić information content (AvgIpc) is 3.16. The van der Waals surface area contributed by atoms with Crippen LogP contribution >= 0.6 is 12.4 Å². The van der Waals surface area contributed by atoms with Gasteiger partial charge in [-0.1, -0.05) is 30.3 Å². The molecule has 7 heteroatoms. The monoisotopic (exact) mass is 363 g/mol. The topological polar surface area (TPSA) is 79.8 Å². The first-order valence-corrected chi connectivity index (χ1v) is 8.06. The molecule has 0 saturated carbocycles. The Morgan fingerprint density at radius 1 is 1.00 bits per heavy atom. The van der Waals surface area contributed by atoms with Crippen molar-refractivity contribution in [3.05, 3.63) is 60.1 Å². The van der Waals surface area contributed by atoms with Crippen LogP contribution in [-0.4, -0.2) is 53.8 Å². The quantitative estimate of drug-likeness (QED) is 0.893. The van der Waals surface area contributed by atoms with Gasteiger partial charge in [-0.3, -0.25) is 9.59 Å². The second-order valence-electron chi connectivity index (χ2n) is 5.89. The standard InChI is InChI=1S/C18H21N3O3.ClH/c19-15(13-14-5-2-1-3-6-14)17(22)20-8-10-21(11-9-20)18(23)16-7-4-12-24-16;/h1-7,12,15H,8-11,13,19H2;1H. The number of hydrogen-bond acceptors (Lipinski definition) is 4. The number of halogens is 1. The summed E-state index contributed by atoms with van der Waals surface area (Å²) < 4.78 is 5.14. The van der Waals surface area contributed by atoms with E-state index in [1.165, 1.54) is 6.26 Å². The third-order valence-corrected chi connectivity index (χ3v) is 4.23. The van der Waals surface area contributed by atoms with Crippen molar-refractivity contribution in [2.24, 2.45) is 5.73 Å². The maximum atomic E-state index is 12.5. The Kier molecular flexibility index (Phi) is 6.61. The first-order chi connectivity index (χ1) is 11.6. The average molecular weight is 364 g/mol. The van der Waals surface area contributed by atoms with E-state index in [0.717, 1.165) is 5.56 Å². The van der Waals surface area contributed by atoms with Gasteiger partial charge in [-0.05, 0) is 24.1 Å². The molecule has 2 aromatic rings. The third kappa shape index (κ3) is 4.61. The Hall–Kier alpha value is -2.31. The van der Waals surface area contributed by atoms with Crippen LogP contribution in [0.4, 0.5) is 0 Å². The second kappa shape index (κ2) is 8.69. The Morgan fingerprint density at radius 3 is 2.24 bits per heavy atom. The van der Waals surface area contributed by atoms with E-state index in [9.17, 15) is 9.59 Å². The molecule has 0 bridgehead atoms. The highest BCUT2D eigenvalue weighted by Gasteiger charge is 2.28. The maximum absolute atomic E-state index is 12.5. The number of benzene rings is 1. The number of amides is 2. The molecule has 1 aromatic carbocycles. The zero-order valence-corrected chi connectivity index (χ0v) is 14.7. The summed E-state index contributed by atoms with van der Waals surface area (Å²) in [6.07, 6.45) is 2.00. The third-order valence-electron chi connectivity index (χ3n) is 4.23. The Morgan fingerprint density at radius 2 is 1.64 bits per heavy atom. The molecule has 3 rings (SSSR count). The molecule has 0 spiro atoms. The van der Waals surface area contributed by atoms with Gasteiger partial charge < -0.3 is 20.0 Å². The van der Waals surface area contributed by atoms with Crippen LogP contribution in [0.3, 0.4) is 0 Å². The summed E-state index contributed by atoms with van der Waals surface area (Å²) in [6.45, 7) is 1.97. The lowest BCUT2D eigenvalue weighted by atomic mass is 10.1. The Balaban J connectivity index is 0.00000225. The molecule has 2 N–H and O–H groups in total. The molecule has 2 heterocycles. The van der Waals surface area contributed by atoms with Crippen molar-refractivity contribution in [1.29, 1.82) is 0 Å². The van der Waals surface area contributed by atoms with Crippen LogP contribution in [0.1, 0.15) is 16.1 Å². The minimum Gasteiger partial charge on any atom is -0.459 e. The lowest BCUT2D eigenvalue weighted by molar-refractivity contribution is -0.134. The number of carbonyl (C=O) groups is 2. The van der Waals surface area contributed by atoms with Gasteiger partial charge in [0.05, 0.1) is 12.3 Å². The molecule has 134 valence electrons. The van der Waals surface area contributed by atoms with Gasteiger partial charge in [-0.15, -0.1) is 12.4 Å². The Labute approximate surface area is 153 Å². The normalized spacial score (nSPS) is 15.4. The van der Waals surface area contributed by atoms with Crippen molar-refractivity contribution < 1.29 is 14.0 Å². The summed E-state index contributed by atoms with van der Waals surface area (Å²) in [6, 6.07) is 12.5. The number of hydrogen-bond donors (Lipinski definition) is 1. The molecule has 6 nitrogen and oxygen atoms in total. The van der Waals surface area contributed by atoms with E-state index in [-0.39, 0.29) is 24.2 Å². The zero-order chi connectivity index (χ0) is 16.9. The lowest BCUT2D eigenvalue weighted by Crippen LogP contribution is -2.54. The maximum Gasteiger partial charge on any atom is 0.289 e. The number of rotatable bonds is 4. The van der Waals surface area contributed by atoms with E-state index in [1.54, 1.807) is 21.9 Å². The summed E-state index contributed by atoms with van der Waals surface area (Å²) in [5, 5.41) is 0. The van der Waals surface area contributed by atoms with Crippen molar-refractivity contribution in [1.82, 2.24) is 9.80 Å². The molecule has 1 atom stereocenters. The first kappa shape index (κ1) is 19.0. The largest absolute Gasteiger partial charge is 0.459 e. The van der Waals surface area contributed by atoms with Gasteiger partial charge >= 0.3 is 0 Å². The molecule has 1 saturated heterocycles. The molecule has 0 radical (unpaired) electrons. The van der Waals surface area contributed by atoms with Crippen LogP contribution in [0.25, 0.3) is 0 Å². The van der Waals surface area contributed by atoms with Crippen molar-refractivity contribution in [3.8, 4) is 0 Å². The van der Waals surface area contributed by atoms with E-state index in [4.69, 9.17) is 10.2 Å². The van der Waals surface area contributed by atoms with E-state index >= 15 is 0 Å². The highest BCUT2D eigenvalue weighted by atomic mass is 35.5. The number of piperazine rings is 1. The SMILES string of the molecule is Cl.NC(Cc1ccccc1)C(=O)N1CCN(C(=O)c2ccco2)CC1. The number of nitrogens with zero attached hydrogens (tertiary/aromatic N) is 2. The second-order valence-corrected chi connectivity index (χ2v) is 5.89. The van der Waals surface area contributed by atoms with Crippen LogP contribution < -0.4 is 5.73 Å². The Bertz CT molecular complexity index is 683. The number of nitrogens with two attached hydrogens (primary N) is 1. The molecular weight excluding hydrogens is 342 g/mol. The lowest BCUT2D eigenvalue weighted by Gasteiger charge is -2.35. The summed E-state index contributed by atoms with van der Waals surface area (Å²) in [7, 11) is 0. The van der Waals surface area contributed by atoms with Crippen LogP contribution in [0.5, 0.6) is 0 Å². The van der Waals surface area contributed by atoms with E-state index < -0.39 is 6.04 Å². The zero-order valence-electron chi connectivity index (χ0n) is 13.8. The van der Waals surface area contributed by atoms with Crippen LogP contribution in [0, 0.1) is 0 Å². The van der Waals surface area contributed by atoms with Gasteiger partial charge in [0.1, 0.15) is 0 Å². The predicted octanol–water partition coefficient (Wildman–Crippen LogP) is 1.56. The fourth-order valence-corrected chi connectivity index (χ4v) is 2.88. The van der Waals surface area contributed by atoms with Gasteiger partial charge in [-0.2, -0.15) is 0 Å². The minimum atomic E-state index is -0.556. The van der Waals surface area contributed by atoms with Crippen LogP contribution in [-0.2, 0) is 11.2 Å². The van der Waals surface area contributed by atoms with Gasteiger partial charge in [-0.25, -0.2) is 0 Å². The summed E-state index contributed by atoms with van der Waals surface area (Å²) >= 11 is 0. The molecule has 1 aliphatic heterocycles. The van der Waals surface area contributed by atoms with Gasteiger partial charge in [0.25, 0.3) is 5.91 Å². The highest BCUT2D eigenvalue weighted by molar-refractivity contribution is 5.91.